The molecule has 1 saturated heterocycles. The average Bonchev–Trinajstić information content (AvgIpc) is 2.67. The Morgan fingerprint density at radius 3 is 2.40 bits per heavy atom. The second kappa shape index (κ2) is 11.7. The summed E-state index contributed by atoms with van der Waals surface area (Å²) in [5.41, 5.74) is 1.04. The van der Waals surface area contributed by atoms with E-state index in [1.807, 2.05) is 35.2 Å². The maximum absolute atomic E-state index is 12.1. The highest BCUT2D eigenvalue weighted by Gasteiger charge is 2.13. The minimum Gasteiger partial charge on any atom is -0.494 e. The fourth-order valence-electron chi connectivity index (χ4n) is 3.13. The molecule has 1 heterocycles. The zero-order valence-electron chi connectivity index (χ0n) is 15.7. The number of hydrogen-bond acceptors (Lipinski definition) is 2. The Hall–Kier alpha value is -1.77. The van der Waals surface area contributed by atoms with Gasteiger partial charge in [0.25, 0.3) is 0 Å². The predicted octanol–water partition coefficient (Wildman–Crippen LogP) is 5.45. The van der Waals surface area contributed by atoms with Gasteiger partial charge in [0.2, 0.25) is 5.91 Å². The molecule has 0 N–H and O–H groups in total. The SMILES string of the molecule is CCCCCCCCOc1ccc(/C=C\C(=O)N2CCCCC2)cc1. The quantitative estimate of drug-likeness (QED) is 0.417. The molecule has 1 aliphatic heterocycles. The molecule has 0 aromatic heterocycles. The Morgan fingerprint density at radius 2 is 1.68 bits per heavy atom. The van der Waals surface area contributed by atoms with Gasteiger partial charge in [-0.1, -0.05) is 51.2 Å². The molecule has 0 radical (unpaired) electrons. The van der Waals surface area contributed by atoms with E-state index in [1.165, 1.54) is 38.5 Å². The number of piperidine rings is 1. The van der Waals surface area contributed by atoms with Crippen molar-refractivity contribution in [1.29, 1.82) is 0 Å². The fourth-order valence-corrected chi connectivity index (χ4v) is 3.13. The molecule has 0 bridgehead atoms. The lowest BCUT2D eigenvalue weighted by molar-refractivity contribution is -0.126. The first-order chi connectivity index (χ1) is 12.3. The highest BCUT2D eigenvalue weighted by molar-refractivity contribution is 5.91. The van der Waals surface area contributed by atoms with Crippen LogP contribution in [0.25, 0.3) is 6.08 Å². The van der Waals surface area contributed by atoms with Crippen LogP contribution in [0.1, 0.15) is 70.3 Å². The standard InChI is InChI=1S/C22H33NO2/c1-2-3-4-5-6-10-19-25-21-14-11-20(12-15-21)13-16-22(24)23-17-8-7-9-18-23/h11-16H,2-10,17-19H2,1H3/b16-13-. The second-order valence-electron chi connectivity index (χ2n) is 6.90. The number of ether oxygens (including phenoxy) is 1. The summed E-state index contributed by atoms with van der Waals surface area (Å²) in [5.74, 6) is 1.04. The lowest BCUT2D eigenvalue weighted by Crippen LogP contribution is -2.34. The number of amides is 1. The summed E-state index contributed by atoms with van der Waals surface area (Å²) in [7, 11) is 0. The molecule has 1 fully saturated rings. The monoisotopic (exact) mass is 343 g/mol. The number of carbonyl (C=O) groups is 1. The van der Waals surface area contributed by atoms with Crippen molar-refractivity contribution >= 4 is 12.0 Å². The maximum Gasteiger partial charge on any atom is 0.246 e. The van der Waals surface area contributed by atoms with Crippen LogP contribution in [0.15, 0.2) is 30.3 Å². The number of rotatable bonds is 10. The molecule has 2 rings (SSSR count). The predicted molar refractivity (Wildman–Crippen MR) is 105 cm³/mol. The van der Waals surface area contributed by atoms with Crippen LogP contribution in [0.5, 0.6) is 5.75 Å². The molecule has 1 aromatic carbocycles. The molecule has 0 unspecified atom stereocenters. The molecule has 1 amide bonds. The molecule has 0 aliphatic carbocycles. The lowest BCUT2D eigenvalue weighted by Gasteiger charge is -2.25. The summed E-state index contributed by atoms with van der Waals surface area (Å²) in [6.07, 6.45) is 14.7. The maximum atomic E-state index is 12.1. The van der Waals surface area contributed by atoms with Gasteiger partial charge in [-0.3, -0.25) is 4.79 Å². The molecule has 1 aromatic rings. The van der Waals surface area contributed by atoms with Crippen LogP contribution in [0.2, 0.25) is 0 Å². The van der Waals surface area contributed by atoms with Crippen LogP contribution in [0, 0.1) is 0 Å². The van der Waals surface area contributed by atoms with E-state index in [-0.39, 0.29) is 5.91 Å². The molecular formula is C22H33NO2. The third kappa shape index (κ3) is 7.76. The number of carbonyl (C=O) groups excluding carboxylic acids is 1. The third-order valence-corrected chi connectivity index (χ3v) is 4.73. The van der Waals surface area contributed by atoms with Gasteiger partial charge in [0.1, 0.15) is 5.75 Å². The average molecular weight is 344 g/mol. The van der Waals surface area contributed by atoms with Gasteiger partial charge in [0.05, 0.1) is 6.61 Å². The molecule has 138 valence electrons. The second-order valence-corrected chi connectivity index (χ2v) is 6.90. The van der Waals surface area contributed by atoms with Crippen LogP contribution >= 0.6 is 0 Å². The Labute approximate surface area is 153 Å². The number of nitrogens with zero attached hydrogens (tertiary/aromatic N) is 1. The van der Waals surface area contributed by atoms with Crippen LogP contribution < -0.4 is 4.74 Å². The number of unbranched alkanes of at least 4 members (excludes halogenated alkanes) is 5. The summed E-state index contributed by atoms with van der Waals surface area (Å²) in [6.45, 7) is 4.82. The van der Waals surface area contributed by atoms with Crippen LogP contribution in [0.3, 0.4) is 0 Å². The van der Waals surface area contributed by atoms with Crippen molar-refractivity contribution in [3.63, 3.8) is 0 Å². The van der Waals surface area contributed by atoms with Gasteiger partial charge in [-0.2, -0.15) is 0 Å². The van der Waals surface area contributed by atoms with Crippen molar-refractivity contribution in [3.05, 3.63) is 35.9 Å². The van der Waals surface area contributed by atoms with Gasteiger partial charge >= 0.3 is 0 Å². The zero-order chi connectivity index (χ0) is 17.7. The van der Waals surface area contributed by atoms with Crippen molar-refractivity contribution in [2.75, 3.05) is 19.7 Å². The van der Waals surface area contributed by atoms with Gasteiger partial charge < -0.3 is 9.64 Å². The normalized spacial score (nSPS) is 14.8. The van der Waals surface area contributed by atoms with Gasteiger partial charge in [0.15, 0.2) is 0 Å². The Balaban J connectivity index is 1.66. The van der Waals surface area contributed by atoms with E-state index in [2.05, 4.69) is 6.92 Å². The molecule has 0 atom stereocenters. The highest BCUT2D eigenvalue weighted by Crippen LogP contribution is 2.15. The van der Waals surface area contributed by atoms with E-state index < -0.39 is 0 Å². The topological polar surface area (TPSA) is 29.5 Å². The highest BCUT2D eigenvalue weighted by atomic mass is 16.5. The first-order valence-corrected chi connectivity index (χ1v) is 9.99. The molecule has 1 aliphatic rings. The Morgan fingerprint density at radius 1 is 1.00 bits per heavy atom. The fraction of sp³-hybridized carbons (Fsp3) is 0.591. The van der Waals surface area contributed by atoms with Crippen LogP contribution in [0.4, 0.5) is 0 Å². The molecule has 3 heteroatoms. The van der Waals surface area contributed by atoms with Gasteiger partial charge in [0, 0.05) is 19.2 Å². The first-order valence-electron chi connectivity index (χ1n) is 9.99. The van der Waals surface area contributed by atoms with Crippen molar-refractivity contribution in [3.8, 4) is 5.75 Å². The smallest absolute Gasteiger partial charge is 0.246 e. The zero-order valence-corrected chi connectivity index (χ0v) is 15.7. The number of benzene rings is 1. The van der Waals surface area contributed by atoms with Crippen molar-refractivity contribution in [1.82, 2.24) is 4.90 Å². The van der Waals surface area contributed by atoms with E-state index in [9.17, 15) is 4.79 Å². The lowest BCUT2D eigenvalue weighted by atomic mass is 10.1. The number of likely N-dealkylation sites (tertiary alicyclic amines) is 1. The van der Waals surface area contributed by atoms with Gasteiger partial charge in [-0.05, 0) is 49.5 Å². The van der Waals surface area contributed by atoms with Crippen molar-refractivity contribution in [2.24, 2.45) is 0 Å². The molecule has 25 heavy (non-hydrogen) atoms. The molecule has 0 spiro atoms. The first kappa shape index (κ1) is 19.6. The van der Waals surface area contributed by atoms with Gasteiger partial charge in [-0.25, -0.2) is 0 Å². The minimum atomic E-state index is 0.128. The van der Waals surface area contributed by atoms with Gasteiger partial charge in [-0.15, -0.1) is 0 Å². The van der Waals surface area contributed by atoms with Crippen molar-refractivity contribution < 1.29 is 9.53 Å². The van der Waals surface area contributed by atoms with E-state index in [0.717, 1.165) is 50.3 Å². The molecule has 3 nitrogen and oxygen atoms in total. The molecular weight excluding hydrogens is 310 g/mol. The molecule has 0 saturated carbocycles. The summed E-state index contributed by atoms with van der Waals surface area (Å²) >= 11 is 0. The number of hydrogen-bond donors (Lipinski definition) is 0. The summed E-state index contributed by atoms with van der Waals surface area (Å²) < 4.78 is 5.79. The largest absolute Gasteiger partial charge is 0.494 e. The van der Waals surface area contributed by atoms with E-state index >= 15 is 0 Å². The van der Waals surface area contributed by atoms with Crippen LogP contribution in [-0.2, 0) is 4.79 Å². The summed E-state index contributed by atoms with van der Waals surface area (Å²) in [4.78, 5) is 14.1. The van der Waals surface area contributed by atoms with Crippen molar-refractivity contribution in [2.45, 2.75) is 64.7 Å². The van der Waals surface area contributed by atoms with E-state index in [1.54, 1.807) is 6.08 Å². The van der Waals surface area contributed by atoms with E-state index in [4.69, 9.17) is 4.74 Å². The summed E-state index contributed by atoms with van der Waals surface area (Å²) in [5, 5.41) is 0. The van der Waals surface area contributed by atoms with Crippen LogP contribution in [-0.4, -0.2) is 30.5 Å². The minimum absolute atomic E-state index is 0.128. The third-order valence-electron chi connectivity index (χ3n) is 4.73. The summed E-state index contributed by atoms with van der Waals surface area (Å²) in [6, 6.07) is 8.00. The Kier molecular flexibility index (Phi) is 9.17. The Bertz CT molecular complexity index is 515. The van der Waals surface area contributed by atoms with E-state index in [0.29, 0.717) is 0 Å².